The van der Waals surface area contributed by atoms with E-state index < -0.39 is 11.6 Å². The molecule has 0 aliphatic carbocycles. The van der Waals surface area contributed by atoms with Crippen LogP contribution in [-0.4, -0.2) is 19.2 Å². The molecule has 112 valence electrons. The highest BCUT2D eigenvalue weighted by Crippen LogP contribution is 2.39. The number of ether oxygens (including phenoxy) is 1. The van der Waals surface area contributed by atoms with Crippen LogP contribution in [0.3, 0.4) is 0 Å². The van der Waals surface area contributed by atoms with E-state index in [-0.39, 0.29) is 33.7 Å². The predicted octanol–water partition coefficient (Wildman–Crippen LogP) is 4.28. The monoisotopic (exact) mass is 323 g/mol. The number of benzene rings is 1. The maximum absolute atomic E-state index is 13.5. The quantitative estimate of drug-likeness (QED) is 0.835. The standard InChI is InChI=1S/C14H17Cl2F2NO/c1-7(2)13(8-3-4-19-6-8)20-14-11(15)9(17)5-10(18)12(14)16/h5,7-8,13,19H,3-4,6H2,1-2H3/t8-,13-/m0/s1. The van der Waals surface area contributed by atoms with Crippen molar-refractivity contribution in [3.63, 3.8) is 0 Å². The van der Waals surface area contributed by atoms with Crippen LogP contribution in [0.25, 0.3) is 0 Å². The molecule has 6 heteroatoms. The first-order valence-electron chi connectivity index (χ1n) is 6.62. The van der Waals surface area contributed by atoms with Gasteiger partial charge in [0.2, 0.25) is 0 Å². The van der Waals surface area contributed by atoms with Crippen LogP contribution in [0.5, 0.6) is 5.75 Å². The largest absolute Gasteiger partial charge is 0.486 e. The van der Waals surface area contributed by atoms with Gasteiger partial charge in [-0.2, -0.15) is 0 Å². The summed E-state index contributed by atoms with van der Waals surface area (Å²) in [4.78, 5) is 0. The van der Waals surface area contributed by atoms with Crippen LogP contribution in [0.15, 0.2) is 6.07 Å². The third-order valence-electron chi connectivity index (χ3n) is 3.55. The molecule has 1 aliphatic rings. The molecule has 1 aromatic carbocycles. The average Bonchev–Trinajstić information content (AvgIpc) is 2.90. The molecule has 2 nitrogen and oxygen atoms in total. The fourth-order valence-corrected chi connectivity index (χ4v) is 2.96. The molecule has 1 saturated heterocycles. The number of rotatable bonds is 4. The second-order valence-electron chi connectivity index (χ2n) is 5.38. The van der Waals surface area contributed by atoms with E-state index in [0.717, 1.165) is 19.5 Å². The normalized spacial score (nSPS) is 20.4. The Morgan fingerprint density at radius 1 is 1.25 bits per heavy atom. The highest BCUT2D eigenvalue weighted by molar-refractivity contribution is 6.37. The van der Waals surface area contributed by atoms with Gasteiger partial charge in [-0.1, -0.05) is 37.0 Å². The Labute approximate surface area is 127 Å². The van der Waals surface area contributed by atoms with Gasteiger partial charge in [0.25, 0.3) is 0 Å². The number of halogens is 4. The van der Waals surface area contributed by atoms with Crippen LogP contribution in [-0.2, 0) is 0 Å². The van der Waals surface area contributed by atoms with E-state index in [1.807, 2.05) is 13.8 Å². The van der Waals surface area contributed by atoms with E-state index in [9.17, 15) is 8.78 Å². The van der Waals surface area contributed by atoms with E-state index in [2.05, 4.69) is 5.32 Å². The molecule has 0 aromatic heterocycles. The Morgan fingerprint density at radius 2 is 1.85 bits per heavy atom. The van der Waals surface area contributed by atoms with Crippen LogP contribution in [0.2, 0.25) is 10.0 Å². The fourth-order valence-electron chi connectivity index (χ4n) is 2.52. The van der Waals surface area contributed by atoms with Crippen LogP contribution >= 0.6 is 23.2 Å². The zero-order chi connectivity index (χ0) is 14.9. The smallest absolute Gasteiger partial charge is 0.162 e. The highest BCUT2D eigenvalue weighted by atomic mass is 35.5. The molecule has 1 aromatic rings. The number of hydrogen-bond acceptors (Lipinski definition) is 2. The summed E-state index contributed by atoms with van der Waals surface area (Å²) in [5.41, 5.74) is 0. The molecule has 0 saturated carbocycles. The predicted molar refractivity (Wildman–Crippen MR) is 76.6 cm³/mol. The van der Waals surface area contributed by atoms with Crippen molar-refractivity contribution in [3.05, 3.63) is 27.7 Å². The van der Waals surface area contributed by atoms with Gasteiger partial charge in [0.05, 0.1) is 0 Å². The van der Waals surface area contributed by atoms with Gasteiger partial charge in [-0.3, -0.25) is 0 Å². The Balaban J connectivity index is 2.31. The Hall–Kier alpha value is -0.580. The molecule has 0 unspecified atom stereocenters. The van der Waals surface area contributed by atoms with Gasteiger partial charge in [-0.25, -0.2) is 8.78 Å². The lowest BCUT2D eigenvalue weighted by Crippen LogP contribution is -2.33. The minimum Gasteiger partial charge on any atom is -0.486 e. The molecule has 1 heterocycles. The maximum atomic E-state index is 13.5. The molecule has 0 radical (unpaired) electrons. The van der Waals surface area contributed by atoms with Crippen molar-refractivity contribution in [2.45, 2.75) is 26.4 Å². The summed E-state index contributed by atoms with van der Waals surface area (Å²) in [5, 5.41) is 2.71. The average molecular weight is 324 g/mol. The third kappa shape index (κ3) is 3.18. The SMILES string of the molecule is CC(C)[C@H](Oc1c(Cl)c(F)cc(F)c1Cl)[C@H]1CCNC1. The lowest BCUT2D eigenvalue weighted by molar-refractivity contribution is 0.0968. The maximum Gasteiger partial charge on any atom is 0.162 e. The third-order valence-corrected chi connectivity index (χ3v) is 4.25. The van der Waals surface area contributed by atoms with Crippen molar-refractivity contribution in [1.82, 2.24) is 5.32 Å². The van der Waals surface area contributed by atoms with Crippen molar-refractivity contribution >= 4 is 23.2 Å². The van der Waals surface area contributed by atoms with E-state index in [0.29, 0.717) is 6.07 Å². The fraction of sp³-hybridized carbons (Fsp3) is 0.571. The molecule has 1 aliphatic heterocycles. The van der Waals surface area contributed by atoms with E-state index in [1.54, 1.807) is 0 Å². The van der Waals surface area contributed by atoms with Crippen LogP contribution in [0.4, 0.5) is 8.78 Å². The molecule has 0 spiro atoms. The lowest BCUT2D eigenvalue weighted by Gasteiger charge is -2.28. The Kier molecular flexibility index (Phi) is 5.10. The first kappa shape index (κ1) is 15.8. The molecule has 20 heavy (non-hydrogen) atoms. The zero-order valence-corrected chi connectivity index (χ0v) is 12.9. The summed E-state index contributed by atoms with van der Waals surface area (Å²) in [6.45, 7) is 5.73. The van der Waals surface area contributed by atoms with Crippen molar-refractivity contribution < 1.29 is 13.5 Å². The molecule has 0 bridgehead atoms. The number of hydrogen-bond donors (Lipinski definition) is 1. The van der Waals surface area contributed by atoms with Crippen molar-refractivity contribution in [1.29, 1.82) is 0 Å². The van der Waals surface area contributed by atoms with Gasteiger partial charge in [0, 0.05) is 18.5 Å². The lowest BCUT2D eigenvalue weighted by atomic mass is 9.92. The highest BCUT2D eigenvalue weighted by Gasteiger charge is 2.31. The second-order valence-corrected chi connectivity index (χ2v) is 6.13. The summed E-state index contributed by atoms with van der Waals surface area (Å²) >= 11 is 11.7. The van der Waals surface area contributed by atoms with Crippen LogP contribution < -0.4 is 10.1 Å². The minimum atomic E-state index is -0.865. The van der Waals surface area contributed by atoms with Gasteiger partial charge in [0.15, 0.2) is 5.75 Å². The summed E-state index contributed by atoms with van der Waals surface area (Å²) in [6, 6.07) is 0.666. The molecule has 1 fully saturated rings. The van der Waals surface area contributed by atoms with Crippen LogP contribution in [0, 0.1) is 23.5 Å². The first-order chi connectivity index (χ1) is 9.41. The van der Waals surface area contributed by atoms with E-state index in [1.165, 1.54) is 0 Å². The molecule has 2 rings (SSSR count). The number of nitrogens with one attached hydrogen (secondary N) is 1. The van der Waals surface area contributed by atoms with Crippen molar-refractivity contribution in [2.75, 3.05) is 13.1 Å². The second kappa shape index (κ2) is 6.46. The Morgan fingerprint density at radius 3 is 2.30 bits per heavy atom. The van der Waals surface area contributed by atoms with Gasteiger partial charge in [-0.05, 0) is 18.9 Å². The van der Waals surface area contributed by atoms with Gasteiger partial charge in [-0.15, -0.1) is 0 Å². The minimum absolute atomic E-state index is 0.101. The summed E-state index contributed by atoms with van der Waals surface area (Å²) in [6.07, 6.45) is 0.761. The molecular formula is C14H17Cl2F2NO. The van der Waals surface area contributed by atoms with Gasteiger partial charge in [0.1, 0.15) is 27.8 Å². The van der Waals surface area contributed by atoms with Gasteiger partial charge < -0.3 is 10.1 Å². The van der Waals surface area contributed by atoms with E-state index >= 15 is 0 Å². The zero-order valence-electron chi connectivity index (χ0n) is 11.4. The Bertz CT molecular complexity index is 464. The summed E-state index contributed by atoms with van der Waals surface area (Å²) in [5.74, 6) is -1.38. The molecule has 0 amide bonds. The summed E-state index contributed by atoms with van der Waals surface area (Å²) < 4.78 is 32.9. The van der Waals surface area contributed by atoms with Gasteiger partial charge >= 0.3 is 0 Å². The first-order valence-corrected chi connectivity index (χ1v) is 7.37. The molecular weight excluding hydrogens is 307 g/mol. The topological polar surface area (TPSA) is 21.3 Å². The summed E-state index contributed by atoms with van der Waals surface area (Å²) in [7, 11) is 0. The molecule has 1 N–H and O–H groups in total. The molecule has 2 atom stereocenters. The van der Waals surface area contributed by atoms with Crippen molar-refractivity contribution in [2.24, 2.45) is 11.8 Å². The van der Waals surface area contributed by atoms with Crippen LogP contribution in [0.1, 0.15) is 20.3 Å². The van der Waals surface area contributed by atoms with Crippen molar-refractivity contribution in [3.8, 4) is 5.75 Å². The van der Waals surface area contributed by atoms with E-state index in [4.69, 9.17) is 27.9 Å².